The molecular formula is C28H25ClN6O4S. The molecule has 1 amide bonds. The molecule has 6 rings (SSSR count). The lowest BCUT2D eigenvalue weighted by atomic mass is 10.2. The summed E-state index contributed by atoms with van der Waals surface area (Å²) in [6.45, 7) is 2.80. The molecule has 2 aliphatic heterocycles. The van der Waals surface area contributed by atoms with Crippen molar-refractivity contribution in [3.05, 3.63) is 64.9 Å². The number of nitrogens with one attached hydrogen (secondary N) is 2. The minimum absolute atomic E-state index is 0.0645. The maximum atomic E-state index is 12.4. The monoisotopic (exact) mass is 576 g/mol. The van der Waals surface area contributed by atoms with Gasteiger partial charge in [-0.1, -0.05) is 29.5 Å². The molecule has 1 aromatic carbocycles. The summed E-state index contributed by atoms with van der Waals surface area (Å²) in [5.41, 5.74) is 1.55. The topological polar surface area (TPSA) is 111 Å². The number of carbonyl (C=O) groups excluding carboxylic acids is 1. The van der Waals surface area contributed by atoms with Crippen molar-refractivity contribution < 1.29 is 19.0 Å². The summed E-state index contributed by atoms with van der Waals surface area (Å²) in [6, 6.07) is 12.7. The van der Waals surface area contributed by atoms with E-state index in [0.717, 1.165) is 20.8 Å². The zero-order chi connectivity index (χ0) is 27.3. The third-order valence-electron chi connectivity index (χ3n) is 6.35. The van der Waals surface area contributed by atoms with Crippen LogP contribution in [0.4, 0.5) is 16.3 Å². The Hall–Kier alpha value is -3.95. The predicted octanol–water partition coefficient (Wildman–Crippen LogP) is 4.83. The molecule has 0 radical (unpaired) electrons. The molecule has 12 heteroatoms. The van der Waals surface area contributed by atoms with Crippen molar-refractivity contribution in [3.8, 4) is 23.5 Å². The number of halogens is 1. The van der Waals surface area contributed by atoms with Crippen LogP contribution in [-0.2, 0) is 9.47 Å². The number of thiophene rings is 1. The Bertz CT molecular complexity index is 1570. The molecule has 204 valence electrons. The van der Waals surface area contributed by atoms with Crippen LogP contribution in [-0.4, -0.2) is 70.9 Å². The zero-order valence-electron chi connectivity index (χ0n) is 21.3. The van der Waals surface area contributed by atoms with E-state index in [1.54, 1.807) is 29.3 Å². The number of rotatable bonds is 5. The number of carbonyl (C=O) groups is 1. The smallest absolute Gasteiger partial charge is 0.410 e. The molecule has 0 saturated carbocycles. The van der Waals surface area contributed by atoms with Gasteiger partial charge in [-0.2, -0.15) is 0 Å². The molecule has 3 aromatic heterocycles. The van der Waals surface area contributed by atoms with Crippen molar-refractivity contribution in [3.63, 3.8) is 0 Å². The molecule has 0 unspecified atom stereocenters. The van der Waals surface area contributed by atoms with Gasteiger partial charge < -0.3 is 24.4 Å². The highest BCUT2D eigenvalue weighted by Gasteiger charge is 2.28. The maximum absolute atomic E-state index is 12.4. The summed E-state index contributed by atoms with van der Waals surface area (Å²) in [5, 5.41) is 7.10. The lowest BCUT2D eigenvalue weighted by Crippen LogP contribution is -2.42. The Morgan fingerprint density at radius 3 is 2.90 bits per heavy atom. The van der Waals surface area contributed by atoms with E-state index in [2.05, 4.69) is 37.4 Å². The van der Waals surface area contributed by atoms with Gasteiger partial charge in [0.25, 0.3) is 0 Å². The Morgan fingerprint density at radius 1 is 1.18 bits per heavy atom. The highest BCUT2D eigenvalue weighted by molar-refractivity contribution is 7.20. The fourth-order valence-electron chi connectivity index (χ4n) is 4.35. The Kier molecular flexibility index (Phi) is 7.92. The summed E-state index contributed by atoms with van der Waals surface area (Å²) < 4.78 is 17.6. The summed E-state index contributed by atoms with van der Waals surface area (Å²) in [5.74, 6) is 8.14. The van der Waals surface area contributed by atoms with Crippen molar-refractivity contribution >= 4 is 50.8 Å². The van der Waals surface area contributed by atoms with Crippen molar-refractivity contribution in [2.24, 2.45) is 0 Å². The first-order valence-corrected chi connectivity index (χ1v) is 14.0. The van der Waals surface area contributed by atoms with E-state index in [1.165, 1.54) is 17.7 Å². The summed E-state index contributed by atoms with van der Waals surface area (Å²) in [6.07, 6.45) is 3.32. The molecule has 0 aliphatic carbocycles. The number of anilines is 2. The van der Waals surface area contributed by atoms with Crippen LogP contribution < -0.4 is 15.4 Å². The molecule has 0 spiro atoms. The standard InChI is InChI=1S/C28H25ClN6O4S/c29-22-14-19(5-7-24(22)39-25-3-1-2-8-30-25)34-27-26-23(32-17-33-27)15-21(40-26)6-4-18-13-20(16-31-18)38-28(36)35-9-11-37-12-10-35/h1-3,5,7-8,14-15,17-18,20,31H,9-13,16H2,(H,32,33,34)/t18-,20+/m1/s1. The molecular weight excluding hydrogens is 552 g/mol. The van der Waals surface area contributed by atoms with Gasteiger partial charge in [0.1, 0.15) is 18.2 Å². The molecule has 40 heavy (non-hydrogen) atoms. The van der Waals surface area contributed by atoms with E-state index in [-0.39, 0.29) is 18.2 Å². The first-order chi connectivity index (χ1) is 19.6. The number of morpholine rings is 1. The number of hydrogen-bond acceptors (Lipinski definition) is 10. The lowest BCUT2D eigenvalue weighted by Gasteiger charge is -2.27. The van der Waals surface area contributed by atoms with Gasteiger partial charge >= 0.3 is 6.09 Å². The van der Waals surface area contributed by atoms with Gasteiger partial charge in [-0.05, 0) is 30.3 Å². The number of hydrogen-bond donors (Lipinski definition) is 2. The van der Waals surface area contributed by atoms with Gasteiger partial charge in [0.2, 0.25) is 5.88 Å². The van der Waals surface area contributed by atoms with Crippen LogP contribution in [0.3, 0.4) is 0 Å². The van der Waals surface area contributed by atoms with Crippen LogP contribution in [0.5, 0.6) is 11.6 Å². The van der Waals surface area contributed by atoms with Gasteiger partial charge in [-0.25, -0.2) is 19.7 Å². The number of nitrogens with zero attached hydrogens (tertiary/aromatic N) is 4. The van der Waals surface area contributed by atoms with Crippen molar-refractivity contribution in [1.29, 1.82) is 0 Å². The number of fused-ring (bicyclic) bond motifs is 1. The minimum atomic E-state index is -0.288. The van der Waals surface area contributed by atoms with Crippen LogP contribution in [0, 0.1) is 11.8 Å². The number of pyridine rings is 1. The van der Waals surface area contributed by atoms with Crippen LogP contribution in [0.15, 0.2) is 55.0 Å². The fourth-order valence-corrected chi connectivity index (χ4v) is 5.48. The summed E-state index contributed by atoms with van der Waals surface area (Å²) in [4.78, 5) is 27.9. The second kappa shape index (κ2) is 12.1. The predicted molar refractivity (Wildman–Crippen MR) is 152 cm³/mol. The van der Waals surface area contributed by atoms with E-state index in [1.807, 2.05) is 24.3 Å². The molecule has 2 atom stereocenters. The Morgan fingerprint density at radius 2 is 2.08 bits per heavy atom. The Balaban J connectivity index is 1.10. The van der Waals surface area contributed by atoms with Crippen LogP contribution in [0.2, 0.25) is 5.02 Å². The Labute approximate surface area is 239 Å². The van der Waals surface area contributed by atoms with E-state index >= 15 is 0 Å². The van der Waals surface area contributed by atoms with Gasteiger partial charge in [-0.15, -0.1) is 11.3 Å². The molecule has 5 heterocycles. The molecule has 2 aliphatic rings. The highest BCUT2D eigenvalue weighted by Crippen LogP contribution is 2.34. The van der Waals surface area contributed by atoms with Gasteiger partial charge in [0, 0.05) is 44.0 Å². The average molecular weight is 577 g/mol. The maximum Gasteiger partial charge on any atom is 0.410 e. The molecule has 4 aromatic rings. The van der Waals surface area contributed by atoms with Crippen molar-refractivity contribution in [2.45, 2.75) is 18.6 Å². The molecule has 10 nitrogen and oxygen atoms in total. The lowest BCUT2D eigenvalue weighted by molar-refractivity contribution is 0.0156. The molecule has 0 bridgehead atoms. The van der Waals surface area contributed by atoms with Crippen LogP contribution in [0.1, 0.15) is 11.3 Å². The second-order valence-corrected chi connectivity index (χ2v) is 10.6. The first-order valence-electron chi connectivity index (χ1n) is 12.8. The quantitative estimate of drug-likeness (QED) is 0.323. The SMILES string of the molecule is O=C(O[C@@H]1CN[C@H](C#Cc2cc3ncnc(Nc4ccc(Oc5ccccn5)c(Cl)c4)c3s2)C1)N1CCOCC1. The molecule has 2 fully saturated rings. The van der Waals surface area contributed by atoms with Gasteiger partial charge in [0.15, 0.2) is 5.82 Å². The number of amides is 1. The zero-order valence-corrected chi connectivity index (χ0v) is 22.9. The van der Waals surface area contributed by atoms with E-state index in [4.69, 9.17) is 25.8 Å². The second-order valence-electron chi connectivity index (χ2n) is 9.16. The van der Waals surface area contributed by atoms with E-state index in [9.17, 15) is 4.79 Å². The fraction of sp³-hybridized carbons (Fsp3) is 0.286. The van der Waals surface area contributed by atoms with Gasteiger partial charge in [-0.3, -0.25) is 5.32 Å². The van der Waals surface area contributed by atoms with Crippen molar-refractivity contribution in [2.75, 3.05) is 38.2 Å². The van der Waals surface area contributed by atoms with E-state index in [0.29, 0.717) is 61.7 Å². The van der Waals surface area contributed by atoms with Gasteiger partial charge in [0.05, 0.1) is 39.4 Å². The average Bonchev–Trinajstić information content (AvgIpc) is 3.61. The molecule has 2 saturated heterocycles. The first kappa shape index (κ1) is 26.3. The number of ether oxygens (including phenoxy) is 3. The normalized spacial score (nSPS) is 18.7. The number of benzene rings is 1. The summed E-state index contributed by atoms with van der Waals surface area (Å²) >= 11 is 7.97. The number of aromatic nitrogens is 3. The summed E-state index contributed by atoms with van der Waals surface area (Å²) in [7, 11) is 0. The third kappa shape index (κ3) is 6.26. The van der Waals surface area contributed by atoms with Crippen molar-refractivity contribution in [1.82, 2.24) is 25.2 Å². The van der Waals surface area contributed by atoms with Crippen LogP contribution >= 0.6 is 22.9 Å². The highest BCUT2D eigenvalue weighted by atomic mass is 35.5. The third-order valence-corrected chi connectivity index (χ3v) is 7.70. The largest absolute Gasteiger partial charge is 0.445 e. The molecule has 2 N–H and O–H groups in total. The van der Waals surface area contributed by atoms with E-state index < -0.39 is 0 Å². The minimum Gasteiger partial charge on any atom is -0.445 e. The van der Waals surface area contributed by atoms with Crippen LogP contribution in [0.25, 0.3) is 10.2 Å².